The zero-order chi connectivity index (χ0) is 16.6. The van der Waals surface area contributed by atoms with E-state index in [0.29, 0.717) is 31.6 Å². The number of likely N-dealkylation sites (tertiary alicyclic amines) is 1. The Morgan fingerprint density at radius 1 is 1.30 bits per heavy atom. The van der Waals surface area contributed by atoms with Crippen LogP contribution in [-0.4, -0.2) is 39.4 Å². The maximum absolute atomic E-state index is 12.7. The van der Waals surface area contributed by atoms with E-state index < -0.39 is 0 Å². The lowest BCUT2D eigenvalue weighted by Gasteiger charge is -2.30. The zero-order valence-corrected chi connectivity index (χ0v) is 12.9. The molecule has 1 saturated heterocycles. The van der Waals surface area contributed by atoms with Crippen molar-refractivity contribution in [1.82, 2.24) is 14.5 Å². The predicted molar refractivity (Wildman–Crippen MR) is 84.8 cm³/mol. The Balaban J connectivity index is 1.92. The molecule has 0 radical (unpaired) electrons. The Morgan fingerprint density at radius 2 is 2.00 bits per heavy atom. The van der Waals surface area contributed by atoms with Crippen LogP contribution in [0.5, 0.6) is 0 Å². The van der Waals surface area contributed by atoms with Crippen LogP contribution in [0.3, 0.4) is 0 Å². The molecule has 3 rings (SSSR count). The third kappa shape index (κ3) is 2.69. The van der Waals surface area contributed by atoms with Gasteiger partial charge in [0.2, 0.25) is 5.91 Å². The van der Waals surface area contributed by atoms with Crippen molar-refractivity contribution in [2.24, 2.45) is 18.7 Å². The molecule has 0 saturated carbocycles. The molecule has 120 valence electrons. The van der Waals surface area contributed by atoms with E-state index in [4.69, 9.17) is 5.73 Å². The van der Waals surface area contributed by atoms with Gasteiger partial charge in [0.15, 0.2) is 0 Å². The summed E-state index contributed by atoms with van der Waals surface area (Å²) in [6, 6.07) is 5.17. The molecule has 1 aliphatic heterocycles. The number of amides is 2. The number of nitrogens with zero attached hydrogens (tertiary/aromatic N) is 3. The number of pyridine rings is 2. The molecule has 7 heteroatoms. The molecule has 0 unspecified atom stereocenters. The molecular formula is C16H18N4O3. The maximum atomic E-state index is 12.7. The highest BCUT2D eigenvalue weighted by atomic mass is 16.2. The fourth-order valence-electron chi connectivity index (χ4n) is 2.99. The molecule has 1 aliphatic rings. The first-order valence-electron chi connectivity index (χ1n) is 7.52. The Bertz CT molecular complexity index is 835. The second-order valence-corrected chi connectivity index (χ2v) is 5.81. The summed E-state index contributed by atoms with van der Waals surface area (Å²) in [4.78, 5) is 42.1. The lowest BCUT2D eigenvalue weighted by Crippen LogP contribution is -2.43. The van der Waals surface area contributed by atoms with Crippen molar-refractivity contribution in [2.75, 3.05) is 13.1 Å². The van der Waals surface area contributed by atoms with E-state index in [1.807, 2.05) is 6.07 Å². The van der Waals surface area contributed by atoms with Gasteiger partial charge in [-0.05, 0) is 31.0 Å². The smallest absolute Gasteiger partial charge is 0.264 e. The summed E-state index contributed by atoms with van der Waals surface area (Å²) < 4.78 is 1.39. The molecule has 0 aromatic carbocycles. The van der Waals surface area contributed by atoms with E-state index in [1.165, 1.54) is 4.57 Å². The van der Waals surface area contributed by atoms with Gasteiger partial charge in [-0.15, -0.1) is 0 Å². The average Bonchev–Trinajstić information content (AvgIpc) is 2.57. The summed E-state index contributed by atoms with van der Waals surface area (Å²) in [6.45, 7) is 0.862. The number of piperidine rings is 1. The molecular weight excluding hydrogens is 296 g/mol. The average molecular weight is 314 g/mol. The molecule has 0 atom stereocenters. The number of aromatic nitrogens is 2. The summed E-state index contributed by atoms with van der Waals surface area (Å²) in [5, 5.41) is 0.741. The van der Waals surface area contributed by atoms with Gasteiger partial charge in [0.25, 0.3) is 11.5 Å². The van der Waals surface area contributed by atoms with Crippen LogP contribution in [0.4, 0.5) is 0 Å². The molecule has 1 fully saturated rings. The predicted octanol–water partition coefficient (Wildman–Crippen LogP) is 0.271. The Kier molecular flexibility index (Phi) is 3.85. The number of carbonyl (C=O) groups excluding carboxylic acids is 2. The Morgan fingerprint density at radius 3 is 2.65 bits per heavy atom. The number of nitrogens with two attached hydrogens (primary N) is 1. The number of carbonyl (C=O) groups is 2. The fraction of sp³-hybridized carbons (Fsp3) is 0.375. The Labute approximate surface area is 132 Å². The quantitative estimate of drug-likeness (QED) is 0.860. The van der Waals surface area contributed by atoms with Gasteiger partial charge in [-0.2, -0.15) is 0 Å². The number of primary amides is 1. The molecule has 0 aliphatic carbocycles. The van der Waals surface area contributed by atoms with Gasteiger partial charge in [-0.3, -0.25) is 19.0 Å². The van der Waals surface area contributed by atoms with Crippen molar-refractivity contribution in [3.05, 3.63) is 40.3 Å². The van der Waals surface area contributed by atoms with Crippen LogP contribution in [0.15, 0.2) is 29.2 Å². The van der Waals surface area contributed by atoms with Crippen molar-refractivity contribution in [3.63, 3.8) is 0 Å². The standard InChI is InChI=1S/C16H18N4O3/c1-19-14-11(3-2-6-18-14)9-12(15(19)22)16(23)20-7-4-10(5-8-20)13(17)21/h2-3,6,9-10H,4-5,7-8H2,1H3,(H2,17,21). The van der Waals surface area contributed by atoms with E-state index in [-0.39, 0.29) is 28.9 Å². The van der Waals surface area contributed by atoms with Crippen molar-refractivity contribution < 1.29 is 9.59 Å². The van der Waals surface area contributed by atoms with Crippen LogP contribution < -0.4 is 11.3 Å². The molecule has 2 N–H and O–H groups in total. The third-order valence-corrected chi connectivity index (χ3v) is 4.38. The van der Waals surface area contributed by atoms with Gasteiger partial charge in [0, 0.05) is 37.6 Å². The lowest BCUT2D eigenvalue weighted by atomic mass is 9.96. The SMILES string of the molecule is Cn1c(=O)c(C(=O)N2CCC(C(N)=O)CC2)cc2cccnc21. The second-order valence-electron chi connectivity index (χ2n) is 5.81. The lowest BCUT2D eigenvalue weighted by molar-refractivity contribution is -0.123. The number of aryl methyl sites for hydroxylation is 1. The van der Waals surface area contributed by atoms with E-state index in [0.717, 1.165) is 5.39 Å². The number of hydrogen-bond acceptors (Lipinski definition) is 4. The van der Waals surface area contributed by atoms with Gasteiger partial charge < -0.3 is 10.6 Å². The van der Waals surface area contributed by atoms with Crippen LogP contribution in [0.2, 0.25) is 0 Å². The summed E-state index contributed by atoms with van der Waals surface area (Å²) in [5.41, 5.74) is 5.61. The monoisotopic (exact) mass is 314 g/mol. The van der Waals surface area contributed by atoms with E-state index >= 15 is 0 Å². The summed E-state index contributed by atoms with van der Waals surface area (Å²) >= 11 is 0. The molecule has 0 spiro atoms. The van der Waals surface area contributed by atoms with Crippen LogP contribution in [0.25, 0.3) is 11.0 Å². The van der Waals surface area contributed by atoms with Crippen molar-refractivity contribution in [1.29, 1.82) is 0 Å². The van der Waals surface area contributed by atoms with Crippen molar-refractivity contribution in [3.8, 4) is 0 Å². The van der Waals surface area contributed by atoms with Gasteiger partial charge >= 0.3 is 0 Å². The first-order valence-corrected chi connectivity index (χ1v) is 7.52. The molecule has 23 heavy (non-hydrogen) atoms. The van der Waals surface area contributed by atoms with Crippen LogP contribution >= 0.6 is 0 Å². The molecule has 3 heterocycles. The highest BCUT2D eigenvalue weighted by molar-refractivity contribution is 5.97. The minimum absolute atomic E-state index is 0.130. The van der Waals surface area contributed by atoms with Gasteiger partial charge in [0.05, 0.1) is 0 Å². The maximum Gasteiger partial charge on any atom is 0.264 e. The molecule has 0 bridgehead atoms. The molecule has 2 amide bonds. The summed E-state index contributed by atoms with van der Waals surface area (Å²) in [6.07, 6.45) is 2.69. The number of fused-ring (bicyclic) bond motifs is 1. The largest absolute Gasteiger partial charge is 0.369 e. The van der Waals surface area contributed by atoms with Crippen molar-refractivity contribution in [2.45, 2.75) is 12.8 Å². The zero-order valence-electron chi connectivity index (χ0n) is 12.9. The molecule has 2 aromatic rings. The highest BCUT2D eigenvalue weighted by Gasteiger charge is 2.28. The fourth-order valence-corrected chi connectivity index (χ4v) is 2.99. The normalized spacial score (nSPS) is 15.8. The second kappa shape index (κ2) is 5.83. The van der Waals surface area contributed by atoms with Crippen molar-refractivity contribution >= 4 is 22.8 Å². The highest BCUT2D eigenvalue weighted by Crippen LogP contribution is 2.19. The third-order valence-electron chi connectivity index (χ3n) is 4.38. The van der Waals surface area contributed by atoms with Crippen LogP contribution in [0.1, 0.15) is 23.2 Å². The van der Waals surface area contributed by atoms with Gasteiger partial charge in [-0.25, -0.2) is 4.98 Å². The van der Waals surface area contributed by atoms with Gasteiger partial charge in [0.1, 0.15) is 11.2 Å². The minimum atomic E-state index is -0.363. The van der Waals surface area contributed by atoms with Gasteiger partial charge in [-0.1, -0.05) is 0 Å². The topological polar surface area (TPSA) is 98.3 Å². The van der Waals surface area contributed by atoms with E-state index in [1.54, 1.807) is 30.3 Å². The van der Waals surface area contributed by atoms with Crippen LogP contribution in [0, 0.1) is 5.92 Å². The minimum Gasteiger partial charge on any atom is -0.369 e. The number of rotatable bonds is 2. The first kappa shape index (κ1) is 15.2. The summed E-state index contributed by atoms with van der Waals surface area (Å²) in [7, 11) is 1.60. The number of hydrogen-bond donors (Lipinski definition) is 1. The Hall–Kier alpha value is -2.70. The van der Waals surface area contributed by atoms with E-state index in [9.17, 15) is 14.4 Å². The molecule has 7 nitrogen and oxygen atoms in total. The van der Waals surface area contributed by atoms with E-state index in [2.05, 4.69) is 4.98 Å². The summed E-state index contributed by atoms with van der Waals surface area (Å²) in [5.74, 6) is -0.827. The molecule has 2 aromatic heterocycles. The van der Waals surface area contributed by atoms with Crippen LogP contribution in [-0.2, 0) is 11.8 Å². The first-order chi connectivity index (χ1) is 11.0.